The molecule has 0 aliphatic carbocycles. The van der Waals surface area contributed by atoms with Crippen LogP contribution in [0.4, 0.5) is 8.78 Å². The van der Waals surface area contributed by atoms with Crippen LogP contribution in [0.1, 0.15) is 35.7 Å². The summed E-state index contributed by atoms with van der Waals surface area (Å²) in [4.78, 5) is 24.5. The molecule has 0 atom stereocenters. The number of nitrogens with zero attached hydrogens (tertiary/aromatic N) is 3. The quantitative estimate of drug-likeness (QED) is 0.193. The molecule has 35 heavy (non-hydrogen) atoms. The van der Waals surface area contributed by atoms with E-state index in [0.29, 0.717) is 22.2 Å². The molecule has 5 aromatic rings. The van der Waals surface area contributed by atoms with E-state index >= 15 is 0 Å². The van der Waals surface area contributed by atoms with Crippen LogP contribution in [-0.2, 0) is 26.5 Å². The maximum absolute atomic E-state index is 14.6. The van der Waals surface area contributed by atoms with E-state index in [-0.39, 0.29) is 38.0 Å². The van der Waals surface area contributed by atoms with Gasteiger partial charge in [0.25, 0.3) is 0 Å². The number of benzene rings is 2. The number of fused-ring (bicyclic) bond motifs is 2. The third-order valence-electron chi connectivity index (χ3n) is 5.95. The van der Waals surface area contributed by atoms with E-state index in [2.05, 4.69) is 16.0 Å². The van der Waals surface area contributed by atoms with Crippen LogP contribution >= 0.6 is 0 Å². The molecule has 0 amide bonds. The molecule has 178 valence electrons. The number of carboxylic acid groups (broad SMARTS) is 1. The smallest absolute Gasteiger partial charge is 0.355 e. The molecule has 0 saturated heterocycles. The van der Waals surface area contributed by atoms with Gasteiger partial charge in [-0.25, -0.2) is 18.6 Å². The SMILES string of the molecule is CC(C)(c1cc2ccccc2c(C(=O)O)n1)c1cc2ccccc2c(-c2[c-]cc(F)nc2F)n1.[Pt]. The van der Waals surface area contributed by atoms with Crippen molar-refractivity contribution in [1.29, 1.82) is 0 Å². The molecular weight excluding hydrogens is 631 g/mol. The van der Waals surface area contributed by atoms with E-state index in [4.69, 9.17) is 4.98 Å². The normalized spacial score (nSPS) is 11.4. The van der Waals surface area contributed by atoms with Crippen molar-refractivity contribution < 1.29 is 39.7 Å². The first-order chi connectivity index (χ1) is 16.3. The largest absolute Gasteiger partial charge is 0.476 e. The molecule has 1 N–H and O–H groups in total. The van der Waals surface area contributed by atoms with E-state index in [9.17, 15) is 18.7 Å². The third kappa shape index (κ3) is 4.32. The van der Waals surface area contributed by atoms with Crippen LogP contribution in [0, 0.1) is 18.0 Å². The van der Waals surface area contributed by atoms with Crippen LogP contribution in [0.25, 0.3) is 32.8 Å². The number of aromatic carboxylic acids is 1. The third-order valence-corrected chi connectivity index (χ3v) is 5.95. The van der Waals surface area contributed by atoms with Gasteiger partial charge >= 0.3 is 5.97 Å². The summed E-state index contributed by atoms with van der Waals surface area (Å²) in [7, 11) is 0. The van der Waals surface area contributed by atoms with Gasteiger partial charge in [0.1, 0.15) is 11.9 Å². The number of halogens is 2. The summed E-state index contributed by atoms with van der Waals surface area (Å²) in [5.41, 5.74) is 0.357. The minimum absolute atomic E-state index is 0. The first-order valence-electron chi connectivity index (χ1n) is 10.5. The van der Waals surface area contributed by atoms with Crippen molar-refractivity contribution in [3.63, 3.8) is 0 Å². The Bertz CT molecular complexity index is 1610. The summed E-state index contributed by atoms with van der Waals surface area (Å²) in [6, 6.07) is 21.7. The van der Waals surface area contributed by atoms with Crippen LogP contribution < -0.4 is 0 Å². The summed E-state index contributed by atoms with van der Waals surface area (Å²) < 4.78 is 28.1. The molecule has 0 aliphatic heterocycles. The van der Waals surface area contributed by atoms with Gasteiger partial charge in [0.05, 0.1) is 5.69 Å². The summed E-state index contributed by atoms with van der Waals surface area (Å²) >= 11 is 0. The minimum atomic E-state index is -1.13. The Morgan fingerprint density at radius 3 is 2.09 bits per heavy atom. The van der Waals surface area contributed by atoms with Crippen molar-refractivity contribution >= 4 is 27.5 Å². The molecule has 5 nitrogen and oxygen atoms in total. The zero-order valence-electron chi connectivity index (χ0n) is 18.6. The first-order valence-corrected chi connectivity index (χ1v) is 10.5. The van der Waals surface area contributed by atoms with E-state index in [1.807, 2.05) is 50.2 Å². The average Bonchev–Trinajstić information content (AvgIpc) is 2.82. The number of rotatable bonds is 4. The Labute approximate surface area is 214 Å². The Balaban J connectivity index is 0.00000289. The minimum Gasteiger partial charge on any atom is -0.476 e. The predicted molar refractivity (Wildman–Crippen MR) is 125 cm³/mol. The van der Waals surface area contributed by atoms with Gasteiger partial charge in [-0.05, 0) is 42.1 Å². The topological polar surface area (TPSA) is 76.0 Å². The molecule has 3 aromatic heterocycles. The van der Waals surface area contributed by atoms with Crippen molar-refractivity contribution in [1.82, 2.24) is 15.0 Å². The molecular formula is C27H18F2N3O2Pt-. The van der Waals surface area contributed by atoms with Gasteiger partial charge in [-0.3, -0.25) is 9.97 Å². The van der Waals surface area contributed by atoms with E-state index in [1.165, 1.54) is 0 Å². The van der Waals surface area contributed by atoms with Crippen LogP contribution in [0.2, 0.25) is 0 Å². The second-order valence-corrected chi connectivity index (χ2v) is 8.47. The predicted octanol–water partition coefficient (Wildman–Crippen LogP) is 5.94. The standard InChI is InChI=1S/C27H18F2N3O2.Pt/c1-27(2,21-14-16-8-4-6-10-18(16)24(31-21)26(33)34)20-13-15-7-3-5-9-17(15)23(30-20)19-11-12-22(28)32-25(19)29;/h3-10,12-14H,1-2H3,(H,33,34);/q-1;. The van der Waals surface area contributed by atoms with Gasteiger partial charge in [0.15, 0.2) is 5.69 Å². The number of carbonyl (C=O) groups is 1. The summed E-state index contributed by atoms with van der Waals surface area (Å²) in [5.74, 6) is -3.11. The zero-order valence-corrected chi connectivity index (χ0v) is 20.9. The van der Waals surface area contributed by atoms with Gasteiger partial charge in [-0.2, -0.15) is 0 Å². The molecule has 0 unspecified atom stereocenters. The molecule has 5 rings (SSSR count). The van der Waals surface area contributed by atoms with Gasteiger partial charge in [-0.15, -0.1) is 6.07 Å². The van der Waals surface area contributed by atoms with Gasteiger partial charge in [0, 0.05) is 43.3 Å². The van der Waals surface area contributed by atoms with Crippen molar-refractivity contribution in [2.24, 2.45) is 0 Å². The molecule has 0 spiro atoms. The Kier molecular flexibility index (Phi) is 6.48. The van der Waals surface area contributed by atoms with E-state index in [0.717, 1.165) is 16.8 Å². The van der Waals surface area contributed by atoms with Crippen LogP contribution in [0.5, 0.6) is 0 Å². The first kappa shape index (κ1) is 24.5. The fraction of sp³-hybridized carbons (Fsp3) is 0.111. The fourth-order valence-corrected chi connectivity index (χ4v) is 4.06. The van der Waals surface area contributed by atoms with Crippen molar-refractivity contribution in [3.05, 3.63) is 102 Å². The van der Waals surface area contributed by atoms with Gasteiger partial charge in [-0.1, -0.05) is 60.2 Å². The van der Waals surface area contributed by atoms with Gasteiger partial charge < -0.3 is 5.11 Å². The zero-order chi connectivity index (χ0) is 24.0. The molecule has 3 heterocycles. The van der Waals surface area contributed by atoms with Crippen LogP contribution in [0.3, 0.4) is 0 Å². The molecule has 0 radical (unpaired) electrons. The monoisotopic (exact) mass is 649 g/mol. The molecule has 0 fully saturated rings. The number of aromatic nitrogens is 3. The Hall–Kier alpha value is -3.57. The maximum atomic E-state index is 14.6. The molecule has 2 aromatic carbocycles. The summed E-state index contributed by atoms with van der Waals surface area (Å²) in [6.45, 7) is 3.75. The second-order valence-electron chi connectivity index (χ2n) is 8.47. The molecule has 0 aliphatic rings. The summed E-state index contributed by atoms with van der Waals surface area (Å²) in [6.07, 6.45) is 0. The number of pyridine rings is 3. The van der Waals surface area contributed by atoms with Crippen molar-refractivity contribution in [2.45, 2.75) is 19.3 Å². The molecule has 0 bridgehead atoms. The maximum Gasteiger partial charge on any atom is 0.355 e. The van der Waals surface area contributed by atoms with Crippen molar-refractivity contribution in [3.8, 4) is 11.3 Å². The number of hydrogen-bond acceptors (Lipinski definition) is 4. The molecule has 8 heteroatoms. The van der Waals surface area contributed by atoms with Gasteiger partial charge in [0.2, 0.25) is 0 Å². The number of hydrogen-bond donors (Lipinski definition) is 1. The summed E-state index contributed by atoms with van der Waals surface area (Å²) in [5, 5.41) is 12.5. The van der Waals surface area contributed by atoms with Crippen molar-refractivity contribution in [2.75, 3.05) is 0 Å². The number of carboxylic acids is 1. The average molecular weight is 650 g/mol. The Morgan fingerprint density at radius 2 is 1.46 bits per heavy atom. The second kappa shape index (κ2) is 9.23. The Morgan fingerprint density at radius 1 is 0.886 bits per heavy atom. The van der Waals surface area contributed by atoms with E-state index < -0.39 is 23.3 Å². The van der Waals surface area contributed by atoms with E-state index in [1.54, 1.807) is 24.3 Å². The molecule has 0 saturated carbocycles. The van der Waals surface area contributed by atoms with Crippen LogP contribution in [0.15, 0.2) is 66.7 Å². The fourth-order valence-electron chi connectivity index (χ4n) is 4.06. The van der Waals surface area contributed by atoms with Crippen LogP contribution in [-0.4, -0.2) is 26.0 Å².